The Bertz CT molecular complexity index is 1150. The van der Waals surface area contributed by atoms with Crippen molar-refractivity contribution in [2.45, 2.75) is 0 Å². The first-order valence-electron chi connectivity index (χ1n) is 8.58. The van der Waals surface area contributed by atoms with E-state index in [0.717, 1.165) is 16.3 Å². The molecule has 2 heterocycles. The van der Waals surface area contributed by atoms with Crippen LogP contribution in [0.1, 0.15) is 0 Å². The number of fused-ring (bicyclic) bond motifs is 1. The van der Waals surface area contributed by atoms with Crippen molar-refractivity contribution in [3.05, 3.63) is 52.5 Å². The van der Waals surface area contributed by atoms with Crippen LogP contribution in [0.15, 0.2) is 42.5 Å². The average molecular weight is 438 g/mol. The Kier molecular flexibility index (Phi) is 5.15. The second kappa shape index (κ2) is 7.46. The molecule has 0 amide bonds. The summed E-state index contributed by atoms with van der Waals surface area (Å²) in [7, 11) is -3.68. The first kappa shape index (κ1) is 19.4. The van der Waals surface area contributed by atoms with Gasteiger partial charge < -0.3 is 4.90 Å². The molecule has 10 heteroatoms. The van der Waals surface area contributed by atoms with Crippen LogP contribution in [0, 0.1) is 0 Å². The highest BCUT2D eigenvalue weighted by Crippen LogP contribution is 2.34. The molecule has 0 unspecified atom stereocenters. The van der Waals surface area contributed by atoms with Crippen LogP contribution >= 0.6 is 23.2 Å². The summed E-state index contributed by atoms with van der Waals surface area (Å²) in [6.07, 6.45) is 0. The highest BCUT2D eigenvalue weighted by atomic mass is 35.5. The molecule has 1 fully saturated rings. The molecule has 0 spiro atoms. The van der Waals surface area contributed by atoms with Crippen LogP contribution in [0.25, 0.3) is 22.0 Å². The minimum Gasteiger partial charge on any atom is -0.352 e. The molecule has 0 aliphatic carbocycles. The second-order valence-electron chi connectivity index (χ2n) is 6.48. The SMILES string of the molecule is NS(=O)(=O)N1CCN(c2nnc(-c3ccc(Cl)c(Cl)c3)c3ccccc23)CC1. The Balaban J connectivity index is 1.74. The quantitative estimate of drug-likeness (QED) is 0.679. The number of nitrogens with zero attached hydrogens (tertiary/aromatic N) is 4. The molecule has 146 valence electrons. The van der Waals surface area contributed by atoms with E-state index >= 15 is 0 Å². The monoisotopic (exact) mass is 437 g/mol. The molecule has 7 nitrogen and oxygen atoms in total. The molecule has 2 N–H and O–H groups in total. The molecule has 1 aliphatic heterocycles. The second-order valence-corrected chi connectivity index (χ2v) is 8.84. The number of piperazine rings is 1. The van der Waals surface area contributed by atoms with Crippen LogP contribution in [0.5, 0.6) is 0 Å². The number of nitrogens with two attached hydrogens (primary N) is 1. The standard InChI is InChI=1S/C18H17Cl2N5O2S/c19-15-6-5-12(11-16(15)20)17-13-3-1-2-4-14(13)18(23-22-17)24-7-9-25(10-8-24)28(21,26)27/h1-6,11H,7-10H2,(H2,21,26,27). The van der Waals surface area contributed by atoms with Gasteiger partial charge in [-0.15, -0.1) is 10.2 Å². The molecule has 3 aromatic rings. The zero-order valence-corrected chi connectivity index (χ0v) is 17.0. The maximum atomic E-state index is 11.5. The molecule has 0 bridgehead atoms. The Morgan fingerprint density at radius 1 is 0.893 bits per heavy atom. The molecule has 0 radical (unpaired) electrons. The zero-order chi connectivity index (χ0) is 19.9. The van der Waals surface area contributed by atoms with Gasteiger partial charge in [0.1, 0.15) is 5.69 Å². The summed E-state index contributed by atoms with van der Waals surface area (Å²) in [5, 5.41) is 16.9. The van der Waals surface area contributed by atoms with Crippen LogP contribution in [0.4, 0.5) is 5.82 Å². The smallest absolute Gasteiger partial charge is 0.277 e. The Morgan fingerprint density at radius 3 is 2.21 bits per heavy atom. The summed E-state index contributed by atoms with van der Waals surface area (Å²) in [6, 6.07) is 13.2. The van der Waals surface area contributed by atoms with Crippen LogP contribution in [-0.4, -0.2) is 49.1 Å². The van der Waals surface area contributed by atoms with Gasteiger partial charge >= 0.3 is 0 Å². The molecule has 1 saturated heterocycles. The van der Waals surface area contributed by atoms with Gasteiger partial charge in [-0.1, -0.05) is 53.5 Å². The summed E-state index contributed by atoms with van der Waals surface area (Å²) >= 11 is 12.2. The number of hydrogen-bond acceptors (Lipinski definition) is 5. The lowest BCUT2D eigenvalue weighted by Gasteiger charge is -2.34. The van der Waals surface area contributed by atoms with Gasteiger partial charge in [0.05, 0.1) is 10.0 Å². The van der Waals surface area contributed by atoms with E-state index in [4.69, 9.17) is 28.3 Å². The third-order valence-corrected chi connectivity index (χ3v) is 6.58. The lowest BCUT2D eigenvalue weighted by molar-refractivity contribution is 0.384. The molecule has 1 aliphatic rings. The predicted molar refractivity (Wildman–Crippen MR) is 112 cm³/mol. The van der Waals surface area contributed by atoms with Crippen molar-refractivity contribution in [2.75, 3.05) is 31.1 Å². The minimum absolute atomic E-state index is 0.309. The fraction of sp³-hybridized carbons (Fsp3) is 0.222. The fourth-order valence-electron chi connectivity index (χ4n) is 3.33. The van der Waals surface area contributed by atoms with Gasteiger partial charge in [-0.2, -0.15) is 12.7 Å². The topological polar surface area (TPSA) is 92.4 Å². The van der Waals surface area contributed by atoms with Crippen molar-refractivity contribution in [1.82, 2.24) is 14.5 Å². The molecule has 0 atom stereocenters. The molecule has 1 aromatic heterocycles. The predicted octanol–water partition coefficient (Wildman–Crippen LogP) is 2.93. The highest BCUT2D eigenvalue weighted by molar-refractivity contribution is 7.86. The van der Waals surface area contributed by atoms with Gasteiger partial charge in [-0.25, -0.2) is 5.14 Å². The van der Waals surface area contributed by atoms with Gasteiger partial charge in [0.25, 0.3) is 10.2 Å². The molecule has 2 aromatic carbocycles. The number of benzene rings is 2. The number of anilines is 1. The van der Waals surface area contributed by atoms with Crippen LogP contribution in [-0.2, 0) is 10.2 Å². The van der Waals surface area contributed by atoms with Crippen molar-refractivity contribution < 1.29 is 8.42 Å². The van der Waals surface area contributed by atoms with Gasteiger partial charge in [0.15, 0.2) is 5.82 Å². The van der Waals surface area contributed by atoms with Crippen molar-refractivity contribution in [1.29, 1.82) is 0 Å². The number of halogens is 2. The van der Waals surface area contributed by atoms with E-state index in [1.54, 1.807) is 12.1 Å². The van der Waals surface area contributed by atoms with E-state index in [0.29, 0.717) is 47.7 Å². The Labute approximate surface area is 172 Å². The lowest BCUT2D eigenvalue weighted by Crippen LogP contribution is -2.51. The van der Waals surface area contributed by atoms with Gasteiger partial charge in [0, 0.05) is 42.5 Å². The normalized spacial score (nSPS) is 15.9. The first-order valence-corrected chi connectivity index (χ1v) is 10.8. The largest absolute Gasteiger partial charge is 0.352 e. The lowest BCUT2D eigenvalue weighted by atomic mass is 10.0. The van der Waals surface area contributed by atoms with E-state index in [9.17, 15) is 8.42 Å². The third-order valence-electron chi connectivity index (χ3n) is 4.76. The molecule has 4 rings (SSSR count). The average Bonchev–Trinajstić information content (AvgIpc) is 2.69. The Morgan fingerprint density at radius 2 is 1.57 bits per heavy atom. The van der Waals surface area contributed by atoms with E-state index in [1.807, 2.05) is 35.2 Å². The summed E-state index contributed by atoms with van der Waals surface area (Å²) < 4.78 is 24.3. The fourth-order valence-corrected chi connectivity index (χ4v) is 4.30. The van der Waals surface area contributed by atoms with Gasteiger partial charge in [-0.05, 0) is 12.1 Å². The van der Waals surface area contributed by atoms with Crippen molar-refractivity contribution >= 4 is 50.0 Å². The highest BCUT2D eigenvalue weighted by Gasteiger charge is 2.26. The van der Waals surface area contributed by atoms with E-state index in [1.165, 1.54) is 4.31 Å². The number of aromatic nitrogens is 2. The summed E-state index contributed by atoms with van der Waals surface area (Å²) in [5.74, 6) is 0.716. The van der Waals surface area contributed by atoms with Gasteiger partial charge in [-0.3, -0.25) is 0 Å². The van der Waals surface area contributed by atoms with Crippen molar-refractivity contribution in [3.8, 4) is 11.3 Å². The molecular formula is C18H17Cl2N5O2S. The van der Waals surface area contributed by atoms with Crippen LogP contribution in [0.2, 0.25) is 10.0 Å². The molecule has 0 saturated carbocycles. The summed E-state index contributed by atoms with van der Waals surface area (Å²) in [6.45, 7) is 1.59. The van der Waals surface area contributed by atoms with Crippen molar-refractivity contribution in [2.24, 2.45) is 5.14 Å². The van der Waals surface area contributed by atoms with E-state index < -0.39 is 10.2 Å². The number of rotatable bonds is 3. The molecular weight excluding hydrogens is 421 g/mol. The van der Waals surface area contributed by atoms with E-state index in [2.05, 4.69) is 10.2 Å². The third kappa shape index (κ3) is 3.66. The number of hydrogen-bond donors (Lipinski definition) is 1. The summed E-state index contributed by atoms with van der Waals surface area (Å²) in [4.78, 5) is 2.02. The minimum atomic E-state index is -3.68. The van der Waals surface area contributed by atoms with Crippen LogP contribution in [0.3, 0.4) is 0 Å². The molecule has 28 heavy (non-hydrogen) atoms. The van der Waals surface area contributed by atoms with Crippen molar-refractivity contribution in [3.63, 3.8) is 0 Å². The van der Waals surface area contributed by atoms with Crippen LogP contribution < -0.4 is 10.0 Å². The van der Waals surface area contributed by atoms with Gasteiger partial charge in [0.2, 0.25) is 0 Å². The zero-order valence-electron chi connectivity index (χ0n) is 14.7. The maximum Gasteiger partial charge on any atom is 0.277 e. The van der Waals surface area contributed by atoms with E-state index in [-0.39, 0.29) is 0 Å². The summed E-state index contributed by atoms with van der Waals surface area (Å²) in [5.41, 5.74) is 1.53. The Hall–Kier alpha value is -1.97. The first-order chi connectivity index (χ1) is 13.3. The maximum absolute atomic E-state index is 11.5.